The second-order valence-electron chi connectivity index (χ2n) is 8.14. The summed E-state index contributed by atoms with van der Waals surface area (Å²) in [6.45, 7) is 3.53. The maximum atomic E-state index is 11.5. The zero-order chi connectivity index (χ0) is 21.6. The van der Waals surface area contributed by atoms with E-state index in [1.54, 1.807) is 0 Å². The van der Waals surface area contributed by atoms with Crippen molar-refractivity contribution in [2.45, 2.75) is 110 Å². The maximum Gasteiger partial charge on any atom is 0.307 e. The second-order valence-corrected chi connectivity index (χ2v) is 8.14. The number of hydrogen-bond donors (Lipinski definition) is 2. The molecule has 168 valence electrons. The van der Waals surface area contributed by atoms with Gasteiger partial charge >= 0.3 is 11.9 Å². The highest BCUT2D eigenvalue weighted by Crippen LogP contribution is 2.39. The first-order valence-corrected chi connectivity index (χ1v) is 11.2. The third-order valence-electron chi connectivity index (χ3n) is 5.69. The van der Waals surface area contributed by atoms with Crippen LogP contribution in [0.4, 0.5) is 0 Å². The van der Waals surface area contributed by atoms with Gasteiger partial charge in [-0.15, -0.1) is 0 Å². The molecule has 0 aliphatic heterocycles. The van der Waals surface area contributed by atoms with Crippen LogP contribution in [0, 0.1) is 5.92 Å². The van der Waals surface area contributed by atoms with Crippen LogP contribution >= 0.6 is 0 Å². The lowest BCUT2D eigenvalue weighted by molar-refractivity contribution is -0.140. The fraction of sp³-hybridized carbons (Fsp3) is 0.826. The van der Waals surface area contributed by atoms with Gasteiger partial charge in [-0.1, -0.05) is 39.0 Å². The third-order valence-corrected chi connectivity index (χ3v) is 5.69. The highest BCUT2D eigenvalue weighted by Gasteiger charge is 2.35. The monoisotopic (exact) mass is 412 g/mol. The Kier molecular flexibility index (Phi) is 12.9. The molecule has 2 N–H and O–H groups in total. The van der Waals surface area contributed by atoms with Crippen LogP contribution in [0.3, 0.4) is 0 Å². The maximum absolute atomic E-state index is 11.5. The minimum atomic E-state index is -0.554. The van der Waals surface area contributed by atoms with Crippen molar-refractivity contribution in [2.75, 3.05) is 7.11 Å². The molecule has 0 unspecified atom stereocenters. The Morgan fingerprint density at radius 3 is 2.48 bits per heavy atom. The summed E-state index contributed by atoms with van der Waals surface area (Å²) < 4.78 is 10.0. The molecule has 0 heterocycles. The van der Waals surface area contributed by atoms with E-state index in [2.05, 4.69) is 11.7 Å². The molecular weight excluding hydrogens is 372 g/mol. The minimum absolute atomic E-state index is 0.0553. The zero-order valence-corrected chi connectivity index (χ0v) is 18.5. The van der Waals surface area contributed by atoms with Crippen molar-refractivity contribution in [1.29, 1.82) is 0 Å². The standard InChI is InChI=1S/C23H40O6/c1-4-5-8-11-18(25)14-15-19-20(22(16-21(19)26)29-17(2)24)12-9-6-7-10-13-23(27)28-3/h18-19,21,25-26H,4-16H2,1-3H3/t18-,19+,21+/m0/s1. The van der Waals surface area contributed by atoms with Crippen molar-refractivity contribution in [3.05, 3.63) is 11.3 Å². The number of rotatable bonds is 15. The van der Waals surface area contributed by atoms with Crippen molar-refractivity contribution in [1.82, 2.24) is 0 Å². The largest absolute Gasteiger partial charge is 0.469 e. The van der Waals surface area contributed by atoms with Gasteiger partial charge in [-0.3, -0.25) is 9.59 Å². The normalized spacial score (nSPS) is 20.0. The van der Waals surface area contributed by atoms with Gasteiger partial charge in [0.2, 0.25) is 0 Å². The van der Waals surface area contributed by atoms with E-state index < -0.39 is 6.10 Å². The molecule has 1 aliphatic carbocycles. The van der Waals surface area contributed by atoms with Gasteiger partial charge in [0, 0.05) is 25.7 Å². The van der Waals surface area contributed by atoms with Crippen LogP contribution < -0.4 is 0 Å². The average molecular weight is 413 g/mol. The Morgan fingerprint density at radius 2 is 1.83 bits per heavy atom. The summed E-state index contributed by atoms with van der Waals surface area (Å²) in [7, 11) is 1.40. The molecule has 0 aromatic carbocycles. The first-order valence-electron chi connectivity index (χ1n) is 11.2. The summed E-state index contributed by atoms with van der Waals surface area (Å²) in [5.41, 5.74) is 1.03. The fourth-order valence-corrected chi connectivity index (χ4v) is 4.06. The third kappa shape index (κ3) is 10.3. The number of carbonyl (C=O) groups is 2. The Labute approximate surface area is 175 Å². The average Bonchev–Trinajstić information content (AvgIpc) is 2.96. The van der Waals surface area contributed by atoms with Gasteiger partial charge < -0.3 is 19.7 Å². The summed E-state index contributed by atoms with van der Waals surface area (Å²) in [6, 6.07) is 0. The van der Waals surface area contributed by atoms with E-state index in [1.165, 1.54) is 14.0 Å². The highest BCUT2D eigenvalue weighted by atomic mass is 16.5. The molecule has 6 heteroatoms. The van der Waals surface area contributed by atoms with Crippen LogP contribution in [0.15, 0.2) is 11.3 Å². The van der Waals surface area contributed by atoms with E-state index in [1.807, 2.05) is 0 Å². The van der Waals surface area contributed by atoms with E-state index in [4.69, 9.17) is 4.74 Å². The number of aliphatic hydroxyl groups excluding tert-OH is 2. The highest BCUT2D eigenvalue weighted by molar-refractivity contribution is 5.69. The molecule has 0 saturated carbocycles. The Hall–Kier alpha value is -1.40. The molecule has 3 atom stereocenters. The Bertz CT molecular complexity index is 527. The summed E-state index contributed by atoms with van der Waals surface area (Å²) >= 11 is 0. The number of unbranched alkanes of at least 4 members (excludes halogenated alkanes) is 5. The topological polar surface area (TPSA) is 93.1 Å². The van der Waals surface area contributed by atoms with E-state index in [0.717, 1.165) is 63.4 Å². The molecule has 0 radical (unpaired) electrons. The molecule has 0 amide bonds. The molecule has 0 aromatic heterocycles. The van der Waals surface area contributed by atoms with Crippen LogP contribution in [0.2, 0.25) is 0 Å². The molecule has 0 saturated heterocycles. The van der Waals surface area contributed by atoms with Gasteiger partial charge in [-0.2, -0.15) is 0 Å². The Morgan fingerprint density at radius 1 is 1.10 bits per heavy atom. The first-order chi connectivity index (χ1) is 13.9. The first kappa shape index (κ1) is 25.6. The molecule has 0 spiro atoms. The zero-order valence-electron chi connectivity index (χ0n) is 18.5. The summed E-state index contributed by atoms with van der Waals surface area (Å²) in [4.78, 5) is 22.6. The van der Waals surface area contributed by atoms with Gasteiger partial charge in [0.05, 0.1) is 19.3 Å². The number of aliphatic hydroxyl groups is 2. The summed E-state index contributed by atoms with van der Waals surface area (Å²) in [6.07, 6.45) is 9.76. The minimum Gasteiger partial charge on any atom is -0.469 e. The van der Waals surface area contributed by atoms with Crippen LogP contribution in [0.25, 0.3) is 0 Å². The van der Waals surface area contributed by atoms with Gasteiger partial charge in [-0.25, -0.2) is 0 Å². The smallest absolute Gasteiger partial charge is 0.307 e. The summed E-state index contributed by atoms with van der Waals surface area (Å²) in [5.74, 6) is 0.0228. The molecule has 0 aromatic rings. The number of esters is 2. The predicted octanol–water partition coefficient (Wildman–Crippen LogP) is 4.42. The fourth-order valence-electron chi connectivity index (χ4n) is 4.06. The lowest BCUT2D eigenvalue weighted by Gasteiger charge is -2.20. The van der Waals surface area contributed by atoms with E-state index in [9.17, 15) is 19.8 Å². The van der Waals surface area contributed by atoms with E-state index >= 15 is 0 Å². The SMILES string of the molecule is CCCCC[C@H](O)CC[C@@H]1C(CCCCCCC(=O)OC)=C(OC(C)=O)C[C@H]1O. The molecular formula is C23H40O6. The van der Waals surface area contributed by atoms with Gasteiger partial charge in [0.1, 0.15) is 5.76 Å². The number of ether oxygens (including phenoxy) is 2. The van der Waals surface area contributed by atoms with Crippen molar-refractivity contribution >= 4 is 11.9 Å². The van der Waals surface area contributed by atoms with Crippen LogP contribution in [0.5, 0.6) is 0 Å². The van der Waals surface area contributed by atoms with Crippen molar-refractivity contribution in [3.63, 3.8) is 0 Å². The predicted molar refractivity (Wildman–Crippen MR) is 112 cm³/mol. The van der Waals surface area contributed by atoms with Crippen LogP contribution in [0.1, 0.15) is 97.3 Å². The lowest BCUT2D eigenvalue weighted by Crippen LogP contribution is -2.19. The second kappa shape index (κ2) is 14.6. The van der Waals surface area contributed by atoms with Crippen LogP contribution in [-0.2, 0) is 19.1 Å². The molecule has 0 bridgehead atoms. The van der Waals surface area contributed by atoms with Gasteiger partial charge in [-0.05, 0) is 44.1 Å². The van der Waals surface area contributed by atoms with Crippen molar-refractivity contribution in [2.24, 2.45) is 5.92 Å². The number of hydrogen-bond acceptors (Lipinski definition) is 6. The van der Waals surface area contributed by atoms with Crippen molar-refractivity contribution in [3.8, 4) is 0 Å². The van der Waals surface area contributed by atoms with Gasteiger partial charge in [0.15, 0.2) is 0 Å². The number of carbonyl (C=O) groups excluding carboxylic acids is 2. The van der Waals surface area contributed by atoms with Gasteiger partial charge in [0.25, 0.3) is 0 Å². The van der Waals surface area contributed by atoms with E-state index in [-0.39, 0.29) is 24.0 Å². The molecule has 6 nitrogen and oxygen atoms in total. The Balaban J connectivity index is 2.55. The van der Waals surface area contributed by atoms with Crippen molar-refractivity contribution < 1.29 is 29.3 Å². The number of methoxy groups -OCH3 is 1. The molecule has 1 rings (SSSR count). The summed E-state index contributed by atoms with van der Waals surface area (Å²) in [5, 5.41) is 20.8. The quantitative estimate of drug-likeness (QED) is 0.305. The molecule has 0 fully saturated rings. The van der Waals surface area contributed by atoms with Crippen LogP contribution in [-0.4, -0.2) is 41.5 Å². The molecule has 29 heavy (non-hydrogen) atoms. The lowest BCUT2D eigenvalue weighted by atomic mass is 9.89. The van der Waals surface area contributed by atoms with E-state index in [0.29, 0.717) is 31.4 Å². The molecule has 1 aliphatic rings.